The Balaban J connectivity index is 1.60. The molecule has 0 bridgehead atoms. The van der Waals surface area contributed by atoms with Gasteiger partial charge in [-0.05, 0) is 66.7 Å². The second kappa shape index (κ2) is 6.74. The van der Waals surface area contributed by atoms with Gasteiger partial charge in [-0.2, -0.15) is 0 Å². The summed E-state index contributed by atoms with van der Waals surface area (Å²) < 4.78 is 38.2. The van der Waals surface area contributed by atoms with Crippen molar-refractivity contribution in [3.63, 3.8) is 0 Å². The largest absolute Gasteiger partial charge is 0.462 e. The number of ether oxygens (including phenoxy) is 1. The van der Waals surface area contributed by atoms with E-state index >= 15 is 0 Å². The van der Waals surface area contributed by atoms with E-state index in [-0.39, 0.29) is 23.6 Å². The SMILES string of the molecule is CC(=O)O[C@H]1CCC2c3ccc4c(c3CCC21C)CC[C@@H](OS(O)(O)O)C4. The molecule has 0 aromatic heterocycles. The lowest BCUT2D eigenvalue weighted by Crippen LogP contribution is -2.38. The number of carbonyl (C=O) groups is 1. The number of hydrogen-bond acceptors (Lipinski definition) is 6. The Bertz CT molecular complexity index is 758. The maximum Gasteiger partial charge on any atom is 0.302 e. The average Bonchev–Trinajstić information content (AvgIpc) is 2.89. The van der Waals surface area contributed by atoms with Crippen molar-refractivity contribution in [3.05, 3.63) is 34.4 Å². The van der Waals surface area contributed by atoms with Gasteiger partial charge >= 0.3 is 5.97 Å². The molecule has 4 atom stereocenters. The van der Waals surface area contributed by atoms with Crippen LogP contribution in [0.4, 0.5) is 0 Å². The van der Waals surface area contributed by atoms with E-state index < -0.39 is 11.2 Å². The molecule has 3 N–H and O–H groups in total. The summed E-state index contributed by atoms with van der Waals surface area (Å²) >= 11 is -3.92. The van der Waals surface area contributed by atoms with Gasteiger partial charge in [0.25, 0.3) is 0 Å². The summed E-state index contributed by atoms with van der Waals surface area (Å²) in [4.78, 5) is 11.5. The molecule has 27 heavy (non-hydrogen) atoms. The number of carbonyl (C=O) groups excluding carboxylic acids is 1. The summed E-state index contributed by atoms with van der Waals surface area (Å²) in [5.74, 6) is 0.216. The highest BCUT2D eigenvalue weighted by atomic mass is 32.3. The summed E-state index contributed by atoms with van der Waals surface area (Å²) in [6, 6.07) is 4.32. The molecule has 0 aliphatic heterocycles. The lowest BCUT2D eigenvalue weighted by molar-refractivity contribution is -0.152. The van der Waals surface area contributed by atoms with Crippen molar-refractivity contribution in [2.24, 2.45) is 5.41 Å². The lowest BCUT2D eigenvalue weighted by atomic mass is 9.64. The van der Waals surface area contributed by atoms with Crippen molar-refractivity contribution in [1.29, 1.82) is 0 Å². The highest BCUT2D eigenvalue weighted by molar-refractivity contribution is 8.15. The van der Waals surface area contributed by atoms with Crippen LogP contribution in [0.2, 0.25) is 0 Å². The standard InChI is InChI=1S/C20H28O6S/c1-12(21)25-19-8-7-18-17-5-3-13-11-14(26-27(22,23)24)4-6-15(13)16(17)9-10-20(18,19)2/h3,5,14,18-19,22-24H,4,6-11H2,1-2H3/t14-,18?,19+,20?/m1/s1. The van der Waals surface area contributed by atoms with Crippen molar-refractivity contribution in [1.82, 2.24) is 0 Å². The Hall–Kier alpha value is -1.12. The first-order valence-electron chi connectivity index (χ1n) is 9.67. The average molecular weight is 397 g/mol. The van der Waals surface area contributed by atoms with Crippen molar-refractivity contribution < 1.29 is 27.4 Å². The monoisotopic (exact) mass is 396 g/mol. The van der Waals surface area contributed by atoms with Gasteiger partial charge in [0.05, 0.1) is 6.10 Å². The molecule has 6 nitrogen and oxygen atoms in total. The lowest BCUT2D eigenvalue weighted by Gasteiger charge is -2.42. The minimum atomic E-state index is -3.92. The number of esters is 1. The molecular formula is C20H28O6S. The Labute approximate surface area is 161 Å². The highest BCUT2D eigenvalue weighted by Crippen LogP contribution is 2.57. The Morgan fingerprint density at radius 3 is 2.63 bits per heavy atom. The molecule has 150 valence electrons. The van der Waals surface area contributed by atoms with Crippen LogP contribution in [0.25, 0.3) is 0 Å². The number of benzene rings is 1. The Morgan fingerprint density at radius 2 is 1.93 bits per heavy atom. The Kier molecular flexibility index (Phi) is 4.79. The molecule has 0 spiro atoms. The van der Waals surface area contributed by atoms with Gasteiger partial charge in [0.2, 0.25) is 11.2 Å². The predicted octanol–water partition coefficient (Wildman–Crippen LogP) is 4.46. The van der Waals surface area contributed by atoms with Crippen molar-refractivity contribution in [3.8, 4) is 0 Å². The summed E-state index contributed by atoms with van der Waals surface area (Å²) in [5, 5.41) is 0. The second-order valence-corrected chi connectivity index (χ2v) is 9.56. The van der Waals surface area contributed by atoms with E-state index in [4.69, 9.17) is 22.6 Å². The molecule has 1 aromatic carbocycles. The zero-order valence-corrected chi connectivity index (χ0v) is 16.6. The number of hydrogen-bond donors (Lipinski definition) is 3. The first kappa shape index (κ1) is 19.2. The normalized spacial score (nSPS) is 33.0. The first-order valence-corrected chi connectivity index (χ1v) is 11.1. The van der Waals surface area contributed by atoms with Crippen LogP contribution in [0.3, 0.4) is 0 Å². The molecule has 0 amide bonds. The van der Waals surface area contributed by atoms with E-state index in [1.165, 1.54) is 29.2 Å². The third-order valence-corrected chi connectivity index (χ3v) is 7.37. The van der Waals surface area contributed by atoms with Crippen LogP contribution in [0.5, 0.6) is 0 Å². The zero-order valence-electron chi connectivity index (χ0n) is 15.8. The van der Waals surface area contributed by atoms with E-state index in [0.29, 0.717) is 18.8 Å². The van der Waals surface area contributed by atoms with Gasteiger partial charge < -0.3 is 4.74 Å². The van der Waals surface area contributed by atoms with Gasteiger partial charge in [-0.1, -0.05) is 19.1 Å². The molecule has 1 fully saturated rings. The molecule has 0 radical (unpaired) electrons. The predicted molar refractivity (Wildman–Crippen MR) is 103 cm³/mol. The van der Waals surface area contributed by atoms with Crippen LogP contribution >= 0.6 is 11.2 Å². The molecule has 3 aliphatic rings. The highest BCUT2D eigenvalue weighted by Gasteiger charge is 2.51. The number of fused-ring (bicyclic) bond motifs is 5. The van der Waals surface area contributed by atoms with E-state index in [0.717, 1.165) is 32.1 Å². The molecule has 3 aliphatic carbocycles. The van der Waals surface area contributed by atoms with E-state index in [1.54, 1.807) is 0 Å². The van der Waals surface area contributed by atoms with Gasteiger partial charge in [-0.25, -0.2) is 0 Å². The maximum absolute atomic E-state index is 11.5. The number of rotatable bonds is 3. The van der Waals surface area contributed by atoms with Gasteiger partial charge in [-0.15, -0.1) is 0 Å². The van der Waals surface area contributed by atoms with Crippen molar-refractivity contribution >= 4 is 17.1 Å². The van der Waals surface area contributed by atoms with E-state index in [9.17, 15) is 4.79 Å². The quantitative estimate of drug-likeness (QED) is 0.653. The van der Waals surface area contributed by atoms with Gasteiger partial charge in [0.1, 0.15) is 6.10 Å². The molecule has 1 saturated carbocycles. The minimum absolute atomic E-state index is 0.000841. The zero-order chi connectivity index (χ0) is 19.4. The smallest absolute Gasteiger partial charge is 0.302 e. The van der Waals surface area contributed by atoms with Crippen LogP contribution in [0, 0.1) is 5.41 Å². The van der Waals surface area contributed by atoms with Crippen LogP contribution in [0.1, 0.15) is 67.7 Å². The van der Waals surface area contributed by atoms with Crippen molar-refractivity contribution in [2.75, 3.05) is 0 Å². The molecule has 1 aromatic rings. The molecule has 7 heteroatoms. The fourth-order valence-corrected chi connectivity index (χ4v) is 6.17. The summed E-state index contributed by atoms with van der Waals surface area (Å²) in [5.41, 5.74) is 5.35. The van der Waals surface area contributed by atoms with Gasteiger partial charge in [0.15, 0.2) is 0 Å². The van der Waals surface area contributed by atoms with E-state index in [2.05, 4.69) is 19.1 Å². The fraction of sp³-hybridized carbons (Fsp3) is 0.650. The van der Waals surface area contributed by atoms with Gasteiger partial charge in [0, 0.05) is 18.8 Å². The molecule has 4 rings (SSSR count). The van der Waals surface area contributed by atoms with Crippen LogP contribution in [-0.4, -0.2) is 31.8 Å². The fourth-order valence-electron chi connectivity index (χ4n) is 5.64. The van der Waals surface area contributed by atoms with Crippen LogP contribution < -0.4 is 0 Å². The third-order valence-electron chi connectivity index (χ3n) is 6.84. The molecule has 0 heterocycles. The minimum Gasteiger partial charge on any atom is -0.462 e. The second-order valence-electron chi connectivity index (χ2n) is 8.43. The Morgan fingerprint density at radius 1 is 1.15 bits per heavy atom. The summed E-state index contributed by atoms with van der Waals surface area (Å²) in [7, 11) is 0. The van der Waals surface area contributed by atoms with E-state index in [1.807, 2.05) is 0 Å². The van der Waals surface area contributed by atoms with Gasteiger partial charge in [-0.3, -0.25) is 22.6 Å². The summed E-state index contributed by atoms with van der Waals surface area (Å²) in [6.45, 7) is 3.75. The van der Waals surface area contributed by atoms with Crippen LogP contribution in [0.15, 0.2) is 12.1 Å². The van der Waals surface area contributed by atoms with Crippen LogP contribution in [-0.2, 0) is 33.0 Å². The molecular weight excluding hydrogens is 368 g/mol. The maximum atomic E-state index is 11.5. The first-order chi connectivity index (χ1) is 12.7. The molecule has 0 saturated heterocycles. The third kappa shape index (κ3) is 3.51. The van der Waals surface area contributed by atoms with Crippen molar-refractivity contribution in [2.45, 2.75) is 76.9 Å². The topological polar surface area (TPSA) is 96.2 Å². The molecule has 2 unspecified atom stereocenters. The summed E-state index contributed by atoms with van der Waals surface area (Å²) in [6.07, 6.45) is 5.62.